The van der Waals surface area contributed by atoms with E-state index in [1.54, 1.807) is 6.07 Å². The van der Waals surface area contributed by atoms with Crippen molar-refractivity contribution in [1.82, 2.24) is 10.3 Å². The molecule has 1 N–H and O–H groups in total. The van der Waals surface area contributed by atoms with Crippen molar-refractivity contribution in [3.05, 3.63) is 28.6 Å². The number of pyridine rings is 1. The van der Waals surface area contributed by atoms with Crippen LogP contribution in [0.25, 0.3) is 6.08 Å². The summed E-state index contributed by atoms with van der Waals surface area (Å²) < 4.78 is 30.7. The Balaban J connectivity index is 1.24. The number of hydrogen-bond donors (Lipinski definition) is 1. The first kappa shape index (κ1) is 26.4. The van der Waals surface area contributed by atoms with E-state index in [2.05, 4.69) is 70.0 Å². The molecule has 8 heteroatoms. The van der Waals surface area contributed by atoms with Crippen molar-refractivity contribution in [2.45, 2.75) is 97.0 Å². The van der Waals surface area contributed by atoms with Crippen LogP contribution in [0.5, 0.6) is 0 Å². The standard InChI is InChI=1S/C28H39BF2IN3O/c1-15-5-10-23-21(11-15)24(14-25(34-23)28(29,30)31)35(32)19-8-6-18(7-9-19)33-26(36)20-12-17-13-22(16(20)2)27(17,3)4/h11,14,16-20,22H,5-10,12-13,29H2,1-4H3,(H,33,36). The highest BCUT2D eigenvalue weighted by molar-refractivity contribution is 14.1. The van der Waals surface area contributed by atoms with Crippen LogP contribution in [-0.4, -0.2) is 30.8 Å². The maximum Gasteiger partial charge on any atom is 0.247 e. The zero-order valence-corrected chi connectivity index (χ0v) is 24.4. The lowest BCUT2D eigenvalue weighted by atomic mass is 9.43. The van der Waals surface area contributed by atoms with Gasteiger partial charge in [-0.05, 0) is 87.5 Å². The summed E-state index contributed by atoms with van der Waals surface area (Å²) in [5.74, 6) is -0.770. The third-order valence-electron chi connectivity index (χ3n) is 10.00. The lowest BCUT2D eigenvalue weighted by molar-refractivity contribution is -0.154. The molecule has 6 rings (SSSR count). The number of hydrogen-bond acceptors (Lipinski definition) is 3. The fourth-order valence-corrected chi connectivity index (χ4v) is 8.38. The average Bonchev–Trinajstić information content (AvgIpc) is 2.82. The van der Waals surface area contributed by atoms with Crippen LogP contribution in [0.2, 0.25) is 0 Å². The molecule has 5 aliphatic carbocycles. The average molecular weight is 609 g/mol. The smallest absolute Gasteiger partial charge is 0.247 e. The van der Waals surface area contributed by atoms with E-state index in [1.807, 2.05) is 0 Å². The molecule has 5 aliphatic rings. The molecule has 1 heterocycles. The Bertz CT molecular complexity index is 1060. The molecule has 0 aliphatic heterocycles. The Morgan fingerprint density at radius 1 is 1.22 bits per heavy atom. The number of rotatable bonds is 5. The molecule has 0 aromatic carbocycles. The second-order valence-corrected chi connectivity index (χ2v) is 13.7. The van der Waals surface area contributed by atoms with Crippen LogP contribution in [0.1, 0.15) is 89.6 Å². The number of aromatic nitrogens is 1. The van der Waals surface area contributed by atoms with Crippen LogP contribution in [-0.2, 0) is 17.0 Å². The van der Waals surface area contributed by atoms with Crippen molar-refractivity contribution in [2.75, 3.05) is 3.11 Å². The van der Waals surface area contributed by atoms with Crippen LogP contribution in [0.15, 0.2) is 11.6 Å². The number of halogens is 3. The van der Waals surface area contributed by atoms with Gasteiger partial charge < -0.3 is 8.43 Å². The van der Waals surface area contributed by atoms with Gasteiger partial charge in [-0.3, -0.25) is 9.78 Å². The number of amides is 1. The zero-order valence-electron chi connectivity index (χ0n) is 22.2. The summed E-state index contributed by atoms with van der Waals surface area (Å²) in [5.41, 5.74) is 4.12. The Morgan fingerprint density at radius 3 is 2.53 bits per heavy atom. The number of carbonyl (C=O) groups excluding carboxylic acids is 1. The minimum Gasteiger partial charge on any atom is -0.353 e. The molecule has 4 atom stereocenters. The second kappa shape index (κ2) is 9.53. The molecule has 4 unspecified atom stereocenters. The Morgan fingerprint density at radius 2 is 1.92 bits per heavy atom. The van der Waals surface area contributed by atoms with Crippen molar-refractivity contribution in [3.63, 3.8) is 0 Å². The predicted octanol–water partition coefficient (Wildman–Crippen LogP) is 6.02. The fourth-order valence-electron chi connectivity index (χ4n) is 7.42. The normalized spacial score (nSPS) is 33.1. The molecule has 4 fully saturated rings. The highest BCUT2D eigenvalue weighted by Crippen LogP contribution is 2.63. The maximum absolute atomic E-state index is 14.3. The second-order valence-electron chi connectivity index (χ2n) is 12.7. The van der Waals surface area contributed by atoms with Crippen molar-refractivity contribution in [3.8, 4) is 0 Å². The predicted molar refractivity (Wildman–Crippen MR) is 152 cm³/mol. The SMILES string of the molecule is BC(F)(F)c1cc(N(I)C2CCC(NC(=O)C3CC4CC(C3C)C4(C)C)CC2)c2c(n1)CCC(C)=C2. The van der Waals surface area contributed by atoms with Gasteiger partial charge in [0.1, 0.15) is 5.69 Å². The van der Waals surface area contributed by atoms with E-state index in [0.29, 0.717) is 29.6 Å². The van der Waals surface area contributed by atoms with Crippen LogP contribution < -0.4 is 8.43 Å². The summed E-state index contributed by atoms with van der Waals surface area (Å²) in [4.78, 5) is 17.6. The number of carbonyl (C=O) groups is 1. The van der Waals surface area contributed by atoms with Gasteiger partial charge in [-0.1, -0.05) is 32.4 Å². The zero-order chi connectivity index (χ0) is 26.0. The molecule has 0 saturated heterocycles. The van der Waals surface area contributed by atoms with Crippen molar-refractivity contribution in [2.24, 2.45) is 29.1 Å². The number of anilines is 1. The number of fused-ring (bicyclic) bond motifs is 3. The molecule has 0 radical (unpaired) electrons. The van der Waals surface area contributed by atoms with Gasteiger partial charge in [0, 0.05) is 23.6 Å². The third kappa shape index (κ3) is 4.73. The van der Waals surface area contributed by atoms with E-state index >= 15 is 0 Å². The summed E-state index contributed by atoms with van der Waals surface area (Å²) in [6, 6.07) is 2.05. The Labute approximate surface area is 229 Å². The molecule has 36 heavy (non-hydrogen) atoms. The van der Waals surface area contributed by atoms with Crippen molar-refractivity contribution < 1.29 is 13.6 Å². The van der Waals surface area contributed by atoms with E-state index in [9.17, 15) is 13.6 Å². The number of nitrogens with one attached hydrogen (secondary N) is 1. The maximum atomic E-state index is 14.3. The molecular formula is C28H39BF2IN3O. The van der Waals surface area contributed by atoms with Crippen molar-refractivity contribution in [1.29, 1.82) is 0 Å². The van der Waals surface area contributed by atoms with Gasteiger partial charge in [-0.25, -0.2) is 8.78 Å². The molecule has 4 saturated carbocycles. The van der Waals surface area contributed by atoms with E-state index in [-0.39, 0.29) is 29.6 Å². The molecule has 2 bridgehead atoms. The third-order valence-corrected chi connectivity index (χ3v) is 11.3. The number of aryl methyl sites for hydroxylation is 1. The monoisotopic (exact) mass is 609 g/mol. The van der Waals surface area contributed by atoms with E-state index in [4.69, 9.17) is 0 Å². The van der Waals surface area contributed by atoms with E-state index < -0.39 is 5.82 Å². The van der Waals surface area contributed by atoms with Gasteiger partial charge >= 0.3 is 0 Å². The van der Waals surface area contributed by atoms with Crippen molar-refractivity contribution >= 4 is 48.4 Å². The van der Waals surface area contributed by atoms with Crippen LogP contribution in [0.4, 0.5) is 14.5 Å². The summed E-state index contributed by atoms with van der Waals surface area (Å²) in [5, 5.41) is 3.39. The first-order chi connectivity index (χ1) is 16.9. The van der Waals surface area contributed by atoms with E-state index in [0.717, 1.165) is 63.3 Å². The van der Waals surface area contributed by atoms with Gasteiger partial charge in [0.25, 0.3) is 0 Å². The fraction of sp³-hybridized carbons (Fsp3) is 0.714. The van der Waals surface area contributed by atoms with Gasteiger partial charge in [0.15, 0.2) is 0 Å². The first-order valence-electron chi connectivity index (χ1n) is 13.7. The van der Waals surface area contributed by atoms with Gasteiger partial charge in [-0.2, -0.15) is 0 Å². The quantitative estimate of drug-likeness (QED) is 0.253. The summed E-state index contributed by atoms with van der Waals surface area (Å²) >= 11 is 2.31. The highest BCUT2D eigenvalue weighted by atomic mass is 127. The molecular weight excluding hydrogens is 570 g/mol. The van der Waals surface area contributed by atoms with Crippen LogP contribution in [0, 0.1) is 29.1 Å². The van der Waals surface area contributed by atoms with Gasteiger partial charge in [-0.15, -0.1) is 0 Å². The van der Waals surface area contributed by atoms with Crippen LogP contribution in [0.3, 0.4) is 0 Å². The molecule has 196 valence electrons. The minimum absolute atomic E-state index is 0.144. The number of alkyl halides is 2. The molecule has 0 spiro atoms. The highest BCUT2D eigenvalue weighted by Gasteiger charge is 2.57. The lowest BCUT2D eigenvalue weighted by Gasteiger charge is -2.61. The largest absolute Gasteiger partial charge is 0.353 e. The molecule has 1 aromatic rings. The number of allylic oxidation sites excluding steroid dienone is 1. The Kier molecular flexibility index (Phi) is 6.99. The van der Waals surface area contributed by atoms with Gasteiger partial charge in [0.05, 0.1) is 34.2 Å². The topological polar surface area (TPSA) is 45.2 Å². The van der Waals surface area contributed by atoms with Crippen LogP contribution >= 0.6 is 22.9 Å². The molecule has 4 nitrogen and oxygen atoms in total. The Hall–Kier alpha value is -1.19. The minimum atomic E-state index is -2.97. The molecule has 1 aromatic heterocycles. The summed E-state index contributed by atoms with van der Waals surface area (Å²) in [6.07, 6.45) is 9.72. The summed E-state index contributed by atoms with van der Waals surface area (Å²) in [6.45, 7) is 9.11. The summed E-state index contributed by atoms with van der Waals surface area (Å²) in [7, 11) is 0.929. The first-order valence-corrected chi connectivity index (χ1v) is 14.7. The van der Waals surface area contributed by atoms with E-state index in [1.165, 1.54) is 12.0 Å². The molecule has 1 amide bonds. The van der Waals surface area contributed by atoms with Gasteiger partial charge in [0.2, 0.25) is 19.6 Å². The lowest BCUT2D eigenvalue weighted by Crippen LogP contribution is -2.58. The number of nitrogens with zero attached hydrogens (tertiary/aromatic N) is 2.